The lowest BCUT2D eigenvalue weighted by Crippen LogP contribution is -2.40. The van der Waals surface area contributed by atoms with Gasteiger partial charge in [-0.05, 0) is 26.2 Å². The van der Waals surface area contributed by atoms with Gasteiger partial charge in [0.1, 0.15) is 17.7 Å². The molecule has 0 bridgehead atoms. The van der Waals surface area contributed by atoms with Gasteiger partial charge in [-0.15, -0.1) is 10.6 Å². The van der Waals surface area contributed by atoms with E-state index in [4.69, 9.17) is 5.11 Å². The second-order valence-corrected chi connectivity index (χ2v) is 8.72. The van der Waals surface area contributed by atoms with Crippen molar-refractivity contribution < 1.29 is 19.5 Å². The van der Waals surface area contributed by atoms with Gasteiger partial charge in [-0.3, -0.25) is 10.2 Å². The zero-order chi connectivity index (χ0) is 23.4. The lowest BCUT2D eigenvalue weighted by atomic mass is 10.0. The molecule has 0 saturated heterocycles. The van der Waals surface area contributed by atoms with Gasteiger partial charge in [-0.25, -0.2) is 10.3 Å². The van der Waals surface area contributed by atoms with E-state index >= 15 is 0 Å². The van der Waals surface area contributed by atoms with E-state index in [0.29, 0.717) is 6.42 Å². The lowest BCUT2D eigenvalue weighted by molar-refractivity contribution is -0.142. The molecule has 9 heteroatoms. The quantitative estimate of drug-likeness (QED) is 0.167. The molecule has 1 aliphatic rings. The van der Waals surface area contributed by atoms with Gasteiger partial charge < -0.3 is 15.2 Å². The van der Waals surface area contributed by atoms with Gasteiger partial charge >= 0.3 is 5.97 Å². The Hall–Kier alpha value is -2.16. The van der Waals surface area contributed by atoms with Crippen LogP contribution in [0.1, 0.15) is 116 Å². The molecule has 0 radical (unpaired) electrons. The van der Waals surface area contributed by atoms with Crippen molar-refractivity contribution in [2.75, 3.05) is 0 Å². The summed E-state index contributed by atoms with van der Waals surface area (Å²) < 4.78 is 0. The van der Waals surface area contributed by atoms with Gasteiger partial charge in [0.25, 0.3) is 0 Å². The molecule has 1 rings (SSSR count). The van der Waals surface area contributed by atoms with Crippen molar-refractivity contribution >= 4 is 23.5 Å². The van der Waals surface area contributed by atoms with E-state index in [0.717, 1.165) is 31.5 Å². The summed E-state index contributed by atoms with van der Waals surface area (Å²) in [4.78, 5) is 34.1. The fourth-order valence-corrected chi connectivity index (χ4v) is 3.74. The van der Waals surface area contributed by atoms with E-state index in [9.17, 15) is 14.4 Å². The molecule has 1 aliphatic heterocycles. The van der Waals surface area contributed by atoms with E-state index in [-0.39, 0.29) is 24.5 Å². The number of carbonyl (C=O) groups excluding carboxylic acids is 2. The van der Waals surface area contributed by atoms with Gasteiger partial charge in [0.2, 0.25) is 5.91 Å². The summed E-state index contributed by atoms with van der Waals surface area (Å²) in [6, 6.07) is -0.967. The van der Waals surface area contributed by atoms with Crippen LogP contribution in [0.4, 0.5) is 0 Å². The van der Waals surface area contributed by atoms with E-state index in [1.165, 1.54) is 71.1 Å². The molecule has 0 aromatic carbocycles. The van der Waals surface area contributed by atoms with E-state index in [2.05, 4.69) is 26.9 Å². The summed E-state index contributed by atoms with van der Waals surface area (Å²) >= 11 is 0. The molecule has 0 aliphatic carbocycles. The number of carboxylic acids is 1. The van der Waals surface area contributed by atoms with Crippen molar-refractivity contribution in [3.8, 4) is 0 Å². The maximum absolute atomic E-state index is 11.9. The molecular weight excluding hydrogens is 410 g/mol. The molecular formula is C23H43N5O4. The van der Waals surface area contributed by atoms with Gasteiger partial charge in [0.05, 0.1) is 0 Å². The first-order chi connectivity index (χ1) is 15.5. The van der Waals surface area contributed by atoms with Crippen LogP contribution in [0.3, 0.4) is 0 Å². The van der Waals surface area contributed by atoms with Crippen LogP contribution in [0.2, 0.25) is 0 Å². The summed E-state index contributed by atoms with van der Waals surface area (Å²) in [6.45, 7) is 1.42. The molecule has 1 atom stereocenters. The standard InChI is InChI=1S/C23H43N5O4/c1-19(29)17-18-20(23(31)32)24-22(30)16-14-12-10-8-6-4-2-3-5-7-9-11-13-15-21-25-27-28-26-21/h20,27-28H,2-18H2,1H3,(H,24,30)(H,25,26)(H,31,32)/t20-/m0/s1. The number of rotatable bonds is 21. The number of Topliss-reactive ketones (excluding diaryl/α,β-unsaturated/α-hetero) is 1. The summed E-state index contributed by atoms with van der Waals surface area (Å²) in [5.41, 5.74) is 8.39. The van der Waals surface area contributed by atoms with Crippen LogP contribution in [0.5, 0.6) is 0 Å². The molecule has 0 unspecified atom stereocenters. The number of nitrogens with one attached hydrogen (secondary N) is 4. The fourth-order valence-electron chi connectivity index (χ4n) is 3.74. The van der Waals surface area contributed by atoms with E-state index in [1.54, 1.807) is 0 Å². The molecule has 0 spiro atoms. The number of hydrazine groups is 2. The molecule has 5 N–H and O–H groups in total. The highest BCUT2D eigenvalue weighted by Crippen LogP contribution is 2.13. The minimum absolute atomic E-state index is 0.0688. The van der Waals surface area contributed by atoms with E-state index < -0.39 is 12.0 Å². The van der Waals surface area contributed by atoms with Crippen LogP contribution >= 0.6 is 0 Å². The number of aliphatic carboxylic acids is 1. The first kappa shape index (κ1) is 27.9. The Labute approximate surface area is 192 Å². The predicted molar refractivity (Wildman–Crippen MR) is 126 cm³/mol. The largest absolute Gasteiger partial charge is 0.480 e. The molecule has 0 fully saturated rings. The Morgan fingerprint density at radius 2 is 1.38 bits per heavy atom. The third-order valence-corrected chi connectivity index (χ3v) is 5.69. The fraction of sp³-hybridized carbons (Fsp3) is 0.826. The number of carbonyl (C=O) groups is 3. The van der Waals surface area contributed by atoms with E-state index in [1.807, 2.05) is 0 Å². The van der Waals surface area contributed by atoms with Crippen molar-refractivity contribution in [1.82, 2.24) is 21.8 Å². The number of hydrogen-bond donors (Lipinski definition) is 5. The second kappa shape index (κ2) is 18.4. The number of hydrazone groups is 1. The average molecular weight is 454 g/mol. The van der Waals surface area contributed by atoms with Gasteiger partial charge in [0.15, 0.2) is 0 Å². The number of hydrogen-bond acceptors (Lipinski definition) is 7. The van der Waals surface area contributed by atoms with Crippen LogP contribution in [0.15, 0.2) is 5.10 Å². The SMILES string of the molecule is CC(=O)CC[C@H](NC(=O)CCCCCCCCCCCCCCCC1=NNNN1)C(=O)O. The van der Waals surface area contributed by atoms with Gasteiger partial charge in [0, 0.05) is 19.3 Å². The number of nitrogens with zero attached hydrogens (tertiary/aromatic N) is 1. The molecule has 32 heavy (non-hydrogen) atoms. The summed E-state index contributed by atoms with van der Waals surface area (Å²) in [6.07, 6.45) is 17.3. The Bertz CT molecular complexity index is 583. The summed E-state index contributed by atoms with van der Waals surface area (Å²) in [5.74, 6) is -0.400. The van der Waals surface area contributed by atoms with Crippen molar-refractivity contribution in [2.24, 2.45) is 5.10 Å². The Kier molecular flexibility index (Phi) is 16.0. The summed E-state index contributed by atoms with van der Waals surface area (Å²) in [7, 11) is 0. The maximum Gasteiger partial charge on any atom is 0.326 e. The molecule has 0 saturated carbocycles. The topological polar surface area (TPSA) is 132 Å². The second-order valence-electron chi connectivity index (χ2n) is 8.72. The number of amidine groups is 1. The van der Waals surface area contributed by atoms with Crippen molar-refractivity contribution in [3.05, 3.63) is 0 Å². The van der Waals surface area contributed by atoms with Crippen LogP contribution < -0.4 is 21.8 Å². The normalized spacial score (nSPS) is 13.7. The predicted octanol–water partition coefficient (Wildman–Crippen LogP) is 3.70. The van der Waals surface area contributed by atoms with Crippen molar-refractivity contribution in [1.29, 1.82) is 0 Å². The van der Waals surface area contributed by atoms with Gasteiger partial charge in [-0.2, -0.15) is 0 Å². The van der Waals surface area contributed by atoms with Crippen LogP contribution in [0.25, 0.3) is 0 Å². The zero-order valence-corrected chi connectivity index (χ0v) is 19.7. The average Bonchev–Trinajstić information content (AvgIpc) is 3.27. The smallest absolute Gasteiger partial charge is 0.326 e. The Morgan fingerprint density at radius 1 is 0.844 bits per heavy atom. The number of amides is 1. The van der Waals surface area contributed by atoms with Crippen LogP contribution in [0, 0.1) is 0 Å². The number of unbranched alkanes of at least 4 members (excludes halogenated alkanes) is 12. The molecule has 0 aromatic heterocycles. The number of carboxylic acid groups (broad SMARTS) is 1. The molecule has 0 aromatic rings. The monoisotopic (exact) mass is 453 g/mol. The Morgan fingerprint density at radius 3 is 1.84 bits per heavy atom. The van der Waals surface area contributed by atoms with Crippen molar-refractivity contribution in [3.63, 3.8) is 0 Å². The highest BCUT2D eigenvalue weighted by atomic mass is 16.4. The minimum atomic E-state index is -1.08. The number of ketones is 1. The Balaban J connectivity index is 1.83. The maximum atomic E-state index is 11.9. The highest BCUT2D eigenvalue weighted by Gasteiger charge is 2.19. The minimum Gasteiger partial charge on any atom is -0.480 e. The molecule has 9 nitrogen and oxygen atoms in total. The third kappa shape index (κ3) is 15.6. The lowest BCUT2D eigenvalue weighted by Gasteiger charge is -2.13. The first-order valence-corrected chi connectivity index (χ1v) is 12.3. The summed E-state index contributed by atoms with van der Waals surface area (Å²) in [5, 5.41) is 15.7. The highest BCUT2D eigenvalue weighted by molar-refractivity contribution is 5.84. The van der Waals surface area contributed by atoms with Crippen molar-refractivity contribution in [2.45, 2.75) is 122 Å². The first-order valence-electron chi connectivity index (χ1n) is 12.3. The molecule has 184 valence electrons. The van der Waals surface area contributed by atoms with Crippen LogP contribution in [-0.2, 0) is 14.4 Å². The zero-order valence-electron chi connectivity index (χ0n) is 19.7. The van der Waals surface area contributed by atoms with Crippen LogP contribution in [-0.4, -0.2) is 34.6 Å². The third-order valence-electron chi connectivity index (χ3n) is 5.69. The van der Waals surface area contributed by atoms with Gasteiger partial charge in [-0.1, -0.05) is 70.6 Å². The molecule has 1 heterocycles. The molecule has 1 amide bonds.